The third kappa shape index (κ3) is 4.34. The number of amides is 1. The number of carbonyl (C=O) groups is 2. The van der Waals surface area contributed by atoms with E-state index in [9.17, 15) is 9.59 Å². The van der Waals surface area contributed by atoms with Gasteiger partial charge in [-0.3, -0.25) is 9.59 Å². The number of nitrogens with one attached hydrogen (secondary N) is 2. The summed E-state index contributed by atoms with van der Waals surface area (Å²) in [6, 6.07) is 9.57. The van der Waals surface area contributed by atoms with Gasteiger partial charge in [-0.2, -0.15) is 0 Å². The Kier molecular flexibility index (Phi) is 4.98. The molecule has 5 nitrogen and oxygen atoms in total. The van der Waals surface area contributed by atoms with E-state index in [1.165, 1.54) is 0 Å². The Morgan fingerprint density at radius 2 is 2.05 bits per heavy atom. The molecule has 0 fully saturated rings. The highest BCUT2D eigenvalue weighted by Crippen LogP contribution is 2.14. The maximum absolute atomic E-state index is 12.0. The second-order valence-corrected chi connectivity index (χ2v) is 5.35. The van der Waals surface area contributed by atoms with Crippen LogP contribution in [-0.4, -0.2) is 28.5 Å². The van der Waals surface area contributed by atoms with Crippen LogP contribution in [0.15, 0.2) is 30.3 Å². The van der Waals surface area contributed by atoms with E-state index in [-0.39, 0.29) is 18.2 Å². The number of carboxylic acids is 1. The summed E-state index contributed by atoms with van der Waals surface area (Å²) in [5.74, 6) is -0.621. The first-order valence-electron chi connectivity index (χ1n) is 7.14. The van der Waals surface area contributed by atoms with Gasteiger partial charge >= 0.3 is 5.97 Å². The molecule has 1 heterocycles. The zero-order valence-corrected chi connectivity index (χ0v) is 12.1. The summed E-state index contributed by atoms with van der Waals surface area (Å²) in [6.07, 6.45) is 1.59. The molecule has 0 spiro atoms. The number of carboxylic acid groups (broad SMARTS) is 1. The highest BCUT2D eigenvalue weighted by molar-refractivity contribution is 5.97. The quantitative estimate of drug-likeness (QED) is 0.732. The summed E-state index contributed by atoms with van der Waals surface area (Å²) < 4.78 is 0. The van der Waals surface area contributed by atoms with Gasteiger partial charge in [-0.1, -0.05) is 25.1 Å². The number of para-hydroxylation sites is 1. The fourth-order valence-corrected chi connectivity index (χ4v) is 2.24. The molecule has 2 rings (SSSR count). The van der Waals surface area contributed by atoms with E-state index in [4.69, 9.17) is 5.11 Å². The largest absolute Gasteiger partial charge is 0.481 e. The lowest BCUT2D eigenvalue weighted by Crippen LogP contribution is -2.26. The fourth-order valence-electron chi connectivity index (χ4n) is 2.24. The molecule has 3 N–H and O–H groups in total. The van der Waals surface area contributed by atoms with Crippen molar-refractivity contribution in [3.63, 3.8) is 0 Å². The minimum atomic E-state index is -0.774. The SMILES string of the molecule is CC(CCNC(=O)c1cc2ccccc2[nH]1)CCC(=O)O. The van der Waals surface area contributed by atoms with Crippen molar-refractivity contribution in [1.82, 2.24) is 10.3 Å². The maximum Gasteiger partial charge on any atom is 0.303 e. The van der Waals surface area contributed by atoms with E-state index in [1.807, 2.05) is 37.3 Å². The molecule has 0 saturated heterocycles. The van der Waals surface area contributed by atoms with Gasteiger partial charge in [0.1, 0.15) is 5.69 Å². The number of H-pyrrole nitrogens is 1. The number of hydrogen-bond donors (Lipinski definition) is 3. The predicted molar refractivity (Wildman–Crippen MR) is 81.3 cm³/mol. The molecule has 0 aliphatic rings. The van der Waals surface area contributed by atoms with Crippen molar-refractivity contribution in [2.24, 2.45) is 5.92 Å². The summed E-state index contributed by atoms with van der Waals surface area (Å²) in [6.45, 7) is 2.55. The van der Waals surface area contributed by atoms with Gasteiger partial charge in [0.25, 0.3) is 5.91 Å². The Labute approximate surface area is 123 Å². The lowest BCUT2D eigenvalue weighted by Gasteiger charge is -2.10. The topological polar surface area (TPSA) is 82.2 Å². The Bertz CT molecular complexity index is 600. The monoisotopic (exact) mass is 288 g/mol. The van der Waals surface area contributed by atoms with Crippen LogP contribution in [0.3, 0.4) is 0 Å². The molecule has 1 amide bonds. The Hall–Kier alpha value is -2.30. The van der Waals surface area contributed by atoms with Crippen molar-refractivity contribution >= 4 is 22.8 Å². The highest BCUT2D eigenvalue weighted by atomic mass is 16.4. The van der Waals surface area contributed by atoms with E-state index < -0.39 is 5.97 Å². The standard InChI is InChI=1S/C16H20N2O3/c1-11(6-7-15(19)20)8-9-17-16(21)14-10-12-4-2-3-5-13(12)18-14/h2-5,10-11,18H,6-9H2,1H3,(H,17,21)(H,19,20). The van der Waals surface area contributed by atoms with Gasteiger partial charge in [-0.25, -0.2) is 0 Å². The summed E-state index contributed by atoms with van der Waals surface area (Å²) in [5.41, 5.74) is 1.49. The molecule has 0 aliphatic heterocycles. The molecule has 1 unspecified atom stereocenters. The van der Waals surface area contributed by atoms with Gasteiger partial charge in [0, 0.05) is 23.9 Å². The highest BCUT2D eigenvalue weighted by Gasteiger charge is 2.10. The van der Waals surface area contributed by atoms with Crippen molar-refractivity contribution in [2.75, 3.05) is 6.54 Å². The smallest absolute Gasteiger partial charge is 0.303 e. The van der Waals surface area contributed by atoms with Crippen LogP contribution in [0, 0.1) is 5.92 Å². The van der Waals surface area contributed by atoms with Gasteiger partial charge < -0.3 is 15.4 Å². The Balaban J connectivity index is 1.80. The van der Waals surface area contributed by atoms with Crippen LogP contribution < -0.4 is 5.32 Å². The first-order valence-corrected chi connectivity index (χ1v) is 7.14. The zero-order chi connectivity index (χ0) is 15.2. The third-order valence-electron chi connectivity index (χ3n) is 3.55. The van der Waals surface area contributed by atoms with E-state index >= 15 is 0 Å². The zero-order valence-electron chi connectivity index (χ0n) is 12.1. The van der Waals surface area contributed by atoms with Crippen molar-refractivity contribution in [1.29, 1.82) is 0 Å². The first-order chi connectivity index (χ1) is 10.1. The Morgan fingerprint density at radius 1 is 1.29 bits per heavy atom. The number of aromatic nitrogens is 1. The second-order valence-electron chi connectivity index (χ2n) is 5.35. The Morgan fingerprint density at radius 3 is 2.76 bits per heavy atom. The van der Waals surface area contributed by atoms with Crippen molar-refractivity contribution in [3.05, 3.63) is 36.0 Å². The van der Waals surface area contributed by atoms with Crippen LogP contribution in [0.5, 0.6) is 0 Å². The molecule has 0 radical (unpaired) electrons. The van der Waals surface area contributed by atoms with E-state index in [1.54, 1.807) is 0 Å². The van der Waals surface area contributed by atoms with E-state index in [0.29, 0.717) is 18.7 Å². The van der Waals surface area contributed by atoms with Gasteiger partial charge in [-0.15, -0.1) is 0 Å². The lowest BCUT2D eigenvalue weighted by molar-refractivity contribution is -0.137. The summed E-state index contributed by atoms with van der Waals surface area (Å²) in [5, 5.41) is 12.5. The molecule has 0 bridgehead atoms. The molecule has 0 aliphatic carbocycles. The summed E-state index contributed by atoms with van der Waals surface area (Å²) >= 11 is 0. The molecule has 5 heteroatoms. The molecule has 1 aromatic heterocycles. The molecule has 21 heavy (non-hydrogen) atoms. The second kappa shape index (κ2) is 6.92. The molecule has 1 aromatic carbocycles. The normalized spacial score (nSPS) is 12.2. The first kappa shape index (κ1) is 15.1. The van der Waals surface area contributed by atoms with Crippen molar-refractivity contribution in [2.45, 2.75) is 26.2 Å². The van der Waals surface area contributed by atoms with Crippen LogP contribution in [0.2, 0.25) is 0 Å². The van der Waals surface area contributed by atoms with Gasteiger partial charge in [0.2, 0.25) is 0 Å². The lowest BCUT2D eigenvalue weighted by atomic mass is 10.0. The van der Waals surface area contributed by atoms with Crippen LogP contribution in [0.25, 0.3) is 10.9 Å². The predicted octanol–water partition coefficient (Wildman–Crippen LogP) is 2.79. The molecule has 112 valence electrons. The summed E-state index contributed by atoms with van der Waals surface area (Å²) in [7, 11) is 0. The van der Waals surface area contributed by atoms with Crippen LogP contribution in [0.1, 0.15) is 36.7 Å². The van der Waals surface area contributed by atoms with E-state index in [2.05, 4.69) is 10.3 Å². The number of aliphatic carboxylic acids is 1. The summed E-state index contributed by atoms with van der Waals surface area (Å²) in [4.78, 5) is 25.6. The number of carbonyl (C=O) groups excluding carboxylic acids is 1. The van der Waals surface area contributed by atoms with Crippen LogP contribution in [-0.2, 0) is 4.79 Å². The van der Waals surface area contributed by atoms with Crippen molar-refractivity contribution in [3.8, 4) is 0 Å². The number of benzene rings is 1. The number of fused-ring (bicyclic) bond motifs is 1. The molecular weight excluding hydrogens is 268 g/mol. The average Bonchev–Trinajstić information content (AvgIpc) is 2.89. The van der Waals surface area contributed by atoms with Crippen LogP contribution >= 0.6 is 0 Å². The number of aromatic amines is 1. The third-order valence-corrected chi connectivity index (χ3v) is 3.55. The van der Waals surface area contributed by atoms with Crippen molar-refractivity contribution < 1.29 is 14.7 Å². The molecule has 0 saturated carbocycles. The van der Waals surface area contributed by atoms with Gasteiger partial charge in [-0.05, 0) is 30.9 Å². The number of hydrogen-bond acceptors (Lipinski definition) is 2. The minimum Gasteiger partial charge on any atom is -0.481 e. The minimum absolute atomic E-state index is 0.128. The van der Waals surface area contributed by atoms with Gasteiger partial charge in [0.05, 0.1) is 0 Å². The molecular formula is C16H20N2O3. The number of rotatable bonds is 7. The molecule has 2 aromatic rings. The van der Waals surface area contributed by atoms with E-state index in [0.717, 1.165) is 17.3 Å². The fraction of sp³-hybridized carbons (Fsp3) is 0.375. The molecule has 1 atom stereocenters. The van der Waals surface area contributed by atoms with Gasteiger partial charge in [0.15, 0.2) is 0 Å². The average molecular weight is 288 g/mol. The maximum atomic E-state index is 12.0. The van der Waals surface area contributed by atoms with Crippen LogP contribution in [0.4, 0.5) is 0 Å².